The fraction of sp³-hybridized carbons (Fsp3) is 0.600. The summed E-state index contributed by atoms with van der Waals surface area (Å²) in [5.74, 6) is 0. The van der Waals surface area contributed by atoms with Crippen molar-refractivity contribution in [1.82, 2.24) is 9.62 Å². The molecule has 1 aromatic rings. The highest BCUT2D eigenvalue weighted by molar-refractivity contribution is 7.89. The van der Waals surface area contributed by atoms with Crippen LogP contribution in [0.15, 0.2) is 11.0 Å². The van der Waals surface area contributed by atoms with Gasteiger partial charge in [-0.3, -0.25) is 0 Å². The molecule has 1 aliphatic rings. The van der Waals surface area contributed by atoms with Gasteiger partial charge in [-0.2, -0.15) is 4.31 Å². The number of likely N-dealkylation sites (N-methyl/N-ethyl adjacent to an activating group) is 1. The maximum atomic E-state index is 12.4. The number of hydrogen-bond acceptors (Lipinski definition) is 5. The Morgan fingerprint density at radius 3 is 2.84 bits per heavy atom. The zero-order valence-electron chi connectivity index (χ0n) is 10.2. The van der Waals surface area contributed by atoms with Gasteiger partial charge >= 0.3 is 0 Å². The summed E-state index contributed by atoms with van der Waals surface area (Å²) in [4.78, 5) is 0.0513. The van der Waals surface area contributed by atoms with Gasteiger partial charge in [0.25, 0.3) is 0 Å². The molecule has 1 N–H and O–H groups in total. The zero-order valence-corrected chi connectivity index (χ0v) is 13.4. The van der Waals surface area contributed by atoms with Crippen LogP contribution in [-0.2, 0) is 14.8 Å². The van der Waals surface area contributed by atoms with Gasteiger partial charge in [-0.1, -0.05) is 23.2 Å². The molecule has 1 aromatic heterocycles. The average molecular weight is 345 g/mol. The van der Waals surface area contributed by atoms with E-state index in [4.69, 9.17) is 27.9 Å². The summed E-state index contributed by atoms with van der Waals surface area (Å²) in [7, 11) is -2.12. The van der Waals surface area contributed by atoms with Crippen molar-refractivity contribution in [1.29, 1.82) is 0 Å². The van der Waals surface area contributed by atoms with E-state index in [0.29, 0.717) is 17.5 Å². The lowest BCUT2D eigenvalue weighted by Gasteiger charge is -2.27. The summed E-state index contributed by atoms with van der Waals surface area (Å²) >= 11 is 12.7. The third kappa shape index (κ3) is 3.60. The zero-order chi connectivity index (χ0) is 14.0. The summed E-state index contributed by atoms with van der Waals surface area (Å²) < 4.78 is 32.0. The summed E-state index contributed by atoms with van der Waals surface area (Å²) in [5, 5.41) is 3.16. The summed E-state index contributed by atoms with van der Waals surface area (Å²) in [6, 6.07) is 1.38. The van der Waals surface area contributed by atoms with Gasteiger partial charge in [-0.05, 0) is 6.07 Å². The van der Waals surface area contributed by atoms with Crippen molar-refractivity contribution < 1.29 is 13.2 Å². The number of nitrogens with zero attached hydrogens (tertiary/aromatic N) is 1. The minimum atomic E-state index is -3.63. The second-order valence-electron chi connectivity index (χ2n) is 4.17. The Bertz CT molecular complexity index is 541. The van der Waals surface area contributed by atoms with Gasteiger partial charge in [0.2, 0.25) is 10.0 Å². The van der Waals surface area contributed by atoms with Gasteiger partial charge in [0.05, 0.1) is 17.0 Å². The molecule has 5 nitrogen and oxygen atoms in total. The van der Waals surface area contributed by atoms with E-state index in [2.05, 4.69) is 5.32 Å². The van der Waals surface area contributed by atoms with E-state index < -0.39 is 10.0 Å². The SMILES string of the molecule is CN(CC1CNCCO1)S(=O)(=O)c1cc(Cl)sc1Cl. The second kappa shape index (κ2) is 6.26. The highest BCUT2D eigenvalue weighted by Gasteiger charge is 2.28. The number of sulfonamides is 1. The fourth-order valence-corrected chi connectivity index (χ4v) is 5.10. The number of hydrogen-bond donors (Lipinski definition) is 1. The average Bonchev–Trinajstić information content (AvgIpc) is 2.70. The minimum absolute atomic E-state index is 0.0513. The first kappa shape index (κ1) is 15.5. The molecular weight excluding hydrogens is 331 g/mol. The van der Waals surface area contributed by atoms with E-state index in [9.17, 15) is 8.42 Å². The third-order valence-electron chi connectivity index (χ3n) is 2.78. The molecule has 0 aromatic carbocycles. The van der Waals surface area contributed by atoms with E-state index in [1.165, 1.54) is 17.4 Å². The number of nitrogens with one attached hydrogen (secondary N) is 1. The topological polar surface area (TPSA) is 58.6 Å². The van der Waals surface area contributed by atoms with Crippen LogP contribution in [0.3, 0.4) is 0 Å². The monoisotopic (exact) mass is 344 g/mol. The van der Waals surface area contributed by atoms with E-state index in [1.807, 2.05) is 0 Å². The highest BCUT2D eigenvalue weighted by atomic mass is 35.5. The third-order valence-corrected chi connectivity index (χ3v) is 6.36. The Hall–Kier alpha value is 0.110. The van der Waals surface area contributed by atoms with E-state index in [-0.39, 0.29) is 21.9 Å². The molecule has 9 heteroatoms. The van der Waals surface area contributed by atoms with Crippen molar-refractivity contribution in [3.05, 3.63) is 14.7 Å². The summed E-state index contributed by atoms with van der Waals surface area (Å²) in [5.41, 5.74) is 0. The van der Waals surface area contributed by atoms with Gasteiger partial charge in [0.15, 0.2) is 0 Å². The molecule has 19 heavy (non-hydrogen) atoms. The van der Waals surface area contributed by atoms with Crippen LogP contribution in [0.1, 0.15) is 0 Å². The maximum Gasteiger partial charge on any atom is 0.245 e. The van der Waals surface area contributed by atoms with E-state index >= 15 is 0 Å². The van der Waals surface area contributed by atoms with Crippen LogP contribution < -0.4 is 5.32 Å². The lowest BCUT2D eigenvalue weighted by molar-refractivity contribution is 0.0206. The van der Waals surface area contributed by atoms with Gasteiger partial charge in [-0.15, -0.1) is 11.3 Å². The smallest absolute Gasteiger partial charge is 0.245 e. The van der Waals surface area contributed by atoms with Crippen molar-refractivity contribution in [2.75, 3.05) is 33.3 Å². The standard InChI is InChI=1S/C10H14Cl2N2O3S2/c1-14(6-7-5-13-2-3-17-7)19(15,16)8-4-9(11)18-10(8)12/h4,7,13H,2-3,5-6H2,1H3. The molecule has 1 fully saturated rings. The Morgan fingerprint density at radius 2 is 2.32 bits per heavy atom. The minimum Gasteiger partial charge on any atom is -0.374 e. The lowest BCUT2D eigenvalue weighted by Crippen LogP contribution is -2.45. The fourth-order valence-electron chi connectivity index (χ4n) is 1.79. The number of morpholine rings is 1. The Balaban J connectivity index is 2.12. The van der Waals surface area contributed by atoms with Gasteiger partial charge in [-0.25, -0.2) is 8.42 Å². The molecule has 0 radical (unpaired) electrons. The Labute approximate surface area is 126 Å². The van der Waals surface area contributed by atoms with Crippen molar-refractivity contribution in [3.8, 4) is 0 Å². The predicted octanol–water partition coefficient (Wildman–Crippen LogP) is 1.66. The van der Waals surface area contributed by atoms with Crippen molar-refractivity contribution in [3.63, 3.8) is 0 Å². The normalized spacial score (nSPS) is 20.9. The van der Waals surface area contributed by atoms with Crippen LogP contribution >= 0.6 is 34.5 Å². The summed E-state index contributed by atoms with van der Waals surface area (Å²) in [6.07, 6.45) is -0.151. The predicted molar refractivity (Wildman–Crippen MR) is 76.8 cm³/mol. The van der Waals surface area contributed by atoms with Crippen LogP contribution in [0.25, 0.3) is 0 Å². The first-order valence-electron chi connectivity index (χ1n) is 5.65. The first-order chi connectivity index (χ1) is 8.91. The van der Waals surface area contributed by atoms with Gasteiger partial charge in [0.1, 0.15) is 9.23 Å². The Morgan fingerprint density at radius 1 is 1.58 bits per heavy atom. The first-order valence-corrected chi connectivity index (χ1v) is 8.66. The second-order valence-corrected chi connectivity index (χ2v) is 8.47. The van der Waals surface area contributed by atoms with Crippen molar-refractivity contribution in [2.45, 2.75) is 11.0 Å². The molecule has 0 aliphatic carbocycles. The quantitative estimate of drug-likeness (QED) is 0.902. The molecule has 108 valence electrons. The molecule has 0 saturated carbocycles. The number of halogens is 2. The number of ether oxygens (including phenoxy) is 1. The van der Waals surface area contributed by atoms with Crippen LogP contribution in [0, 0.1) is 0 Å². The lowest BCUT2D eigenvalue weighted by atomic mass is 10.3. The molecule has 0 amide bonds. The molecular formula is C10H14Cl2N2O3S2. The molecule has 0 bridgehead atoms. The molecule has 0 spiro atoms. The molecule has 2 rings (SSSR count). The molecule has 2 heterocycles. The van der Waals surface area contributed by atoms with Crippen LogP contribution in [0.4, 0.5) is 0 Å². The molecule has 1 unspecified atom stereocenters. The van der Waals surface area contributed by atoms with E-state index in [0.717, 1.165) is 17.9 Å². The van der Waals surface area contributed by atoms with Crippen molar-refractivity contribution >= 4 is 44.6 Å². The van der Waals surface area contributed by atoms with E-state index in [1.54, 1.807) is 0 Å². The van der Waals surface area contributed by atoms with Crippen LogP contribution in [-0.4, -0.2) is 52.1 Å². The van der Waals surface area contributed by atoms with Crippen LogP contribution in [0.2, 0.25) is 8.67 Å². The number of rotatable bonds is 4. The summed E-state index contributed by atoms with van der Waals surface area (Å²) in [6.45, 7) is 2.29. The van der Waals surface area contributed by atoms with Gasteiger partial charge < -0.3 is 10.1 Å². The van der Waals surface area contributed by atoms with Gasteiger partial charge in [0, 0.05) is 26.7 Å². The van der Waals surface area contributed by atoms with Crippen molar-refractivity contribution in [2.24, 2.45) is 0 Å². The molecule has 1 saturated heterocycles. The molecule has 1 atom stereocenters. The Kier molecular flexibility index (Phi) is 5.10. The maximum absolute atomic E-state index is 12.4. The highest BCUT2D eigenvalue weighted by Crippen LogP contribution is 2.35. The number of thiophene rings is 1. The van der Waals surface area contributed by atoms with Crippen LogP contribution in [0.5, 0.6) is 0 Å². The largest absolute Gasteiger partial charge is 0.374 e. The molecule has 1 aliphatic heterocycles.